The highest BCUT2D eigenvalue weighted by Gasteiger charge is 2.51. The van der Waals surface area contributed by atoms with Crippen LogP contribution in [0, 0.1) is 0 Å². The van der Waals surface area contributed by atoms with Gasteiger partial charge in [-0.2, -0.15) is 0 Å². The van der Waals surface area contributed by atoms with Crippen molar-refractivity contribution in [2.45, 2.75) is 51.3 Å². The third-order valence-electron chi connectivity index (χ3n) is 5.65. The number of hydrogen-bond acceptors (Lipinski definition) is 5. The molecule has 0 saturated carbocycles. The molecule has 0 aromatic heterocycles. The fourth-order valence-electron chi connectivity index (χ4n) is 4.25. The summed E-state index contributed by atoms with van der Waals surface area (Å²) in [6, 6.07) is 15.8. The summed E-state index contributed by atoms with van der Waals surface area (Å²) in [5.41, 5.74) is 0.508. The molecule has 0 N–H and O–H groups in total. The minimum absolute atomic E-state index is 0.00149. The molecule has 2 aromatic rings. The highest BCUT2D eigenvalue weighted by atomic mass is 16.6. The zero-order valence-electron chi connectivity index (χ0n) is 18.9. The Labute approximate surface area is 192 Å². The van der Waals surface area contributed by atoms with Crippen LogP contribution in [0.2, 0.25) is 0 Å². The molecule has 2 aliphatic rings. The second kappa shape index (κ2) is 8.69. The predicted molar refractivity (Wildman–Crippen MR) is 121 cm³/mol. The summed E-state index contributed by atoms with van der Waals surface area (Å²) in [6.07, 6.45) is -0.549. The number of imide groups is 2. The summed E-state index contributed by atoms with van der Waals surface area (Å²) in [5, 5.41) is 0. The molecule has 0 radical (unpaired) electrons. The lowest BCUT2D eigenvalue weighted by Crippen LogP contribution is -2.71. The van der Waals surface area contributed by atoms with Gasteiger partial charge in [0.1, 0.15) is 11.6 Å². The van der Waals surface area contributed by atoms with E-state index in [-0.39, 0.29) is 25.3 Å². The minimum atomic E-state index is -0.939. The standard InChI is InChI=1S/C25H27N3O5/c1-25(2,3)33-24(32)26-16-19-15-21(29)28(18-12-8-5-9-13-18)23(31)27(19)20(22(26)30)14-17-10-6-4-7-11-17/h4-13,19-20H,14-16H2,1-3H3/t19?,20-/m0/s1. The molecule has 4 rings (SSSR count). The topological polar surface area (TPSA) is 87.2 Å². The van der Waals surface area contributed by atoms with E-state index < -0.39 is 35.7 Å². The van der Waals surface area contributed by atoms with Crippen LogP contribution in [0.4, 0.5) is 15.3 Å². The van der Waals surface area contributed by atoms with Crippen molar-refractivity contribution < 1.29 is 23.9 Å². The number of nitrogens with zero attached hydrogens (tertiary/aromatic N) is 3. The predicted octanol–water partition coefficient (Wildman–Crippen LogP) is 3.60. The summed E-state index contributed by atoms with van der Waals surface area (Å²) < 4.78 is 5.44. The van der Waals surface area contributed by atoms with E-state index in [1.54, 1.807) is 51.1 Å². The number of piperazine rings is 1. The smallest absolute Gasteiger partial charge is 0.417 e. The third-order valence-corrected chi connectivity index (χ3v) is 5.65. The van der Waals surface area contributed by atoms with Gasteiger partial charge in [0.05, 0.1) is 18.3 Å². The quantitative estimate of drug-likeness (QED) is 0.715. The van der Waals surface area contributed by atoms with Crippen LogP contribution in [0.1, 0.15) is 32.8 Å². The zero-order valence-corrected chi connectivity index (χ0v) is 18.9. The first kappa shape index (κ1) is 22.5. The van der Waals surface area contributed by atoms with Gasteiger partial charge in [-0.05, 0) is 38.5 Å². The van der Waals surface area contributed by atoms with Crippen molar-refractivity contribution in [3.8, 4) is 0 Å². The Hall–Kier alpha value is -3.68. The van der Waals surface area contributed by atoms with E-state index in [1.165, 1.54) is 4.90 Å². The maximum absolute atomic E-state index is 13.6. The number of anilines is 1. The molecule has 0 bridgehead atoms. The molecular weight excluding hydrogens is 422 g/mol. The van der Waals surface area contributed by atoms with Crippen LogP contribution in [0.5, 0.6) is 0 Å². The fraction of sp³-hybridized carbons (Fsp3) is 0.360. The summed E-state index contributed by atoms with van der Waals surface area (Å²) in [6.45, 7) is 5.08. The van der Waals surface area contributed by atoms with Crippen molar-refractivity contribution in [3.63, 3.8) is 0 Å². The first-order valence-electron chi connectivity index (χ1n) is 10.9. The lowest BCUT2D eigenvalue weighted by molar-refractivity contribution is -0.144. The normalized spacial score (nSPS) is 21.2. The molecule has 2 aliphatic heterocycles. The molecule has 8 nitrogen and oxygen atoms in total. The number of carbonyl (C=O) groups excluding carboxylic acids is 4. The average Bonchev–Trinajstić information content (AvgIpc) is 2.75. The Balaban J connectivity index is 1.70. The lowest BCUT2D eigenvalue weighted by atomic mass is 9.95. The van der Waals surface area contributed by atoms with Gasteiger partial charge >= 0.3 is 12.1 Å². The van der Waals surface area contributed by atoms with Gasteiger partial charge in [0.2, 0.25) is 5.91 Å². The lowest BCUT2D eigenvalue weighted by Gasteiger charge is -2.49. The van der Waals surface area contributed by atoms with Crippen molar-refractivity contribution in [1.29, 1.82) is 0 Å². The Morgan fingerprint density at radius 3 is 2.18 bits per heavy atom. The molecule has 2 fully saturated rings. The molecule has 8 heteroatoms. The van der Waals surface area contributed by atoms with Crippen molar-refractivity contribution in [1.82, 2.24) is 9.80 Å². The SMILES string of the molecule is CC(C)(C)OC(=O)N1CC2CC(=O)N(c3ccccc3)C(=O)N2[C@@H](Cc2ccccc2)C1=O. The van der Waals surface area contributed by atoms with Crippen molar-refractivity contribution in [3.05, 3.63) is 66.2 Å². The number of urea groups is 1. The Bertz CT molecular complexity index is 1060. The van der Waals surface area contributed by atoms with Crippen LogP contribution < -0.4 is 4.90 Å². The minimum Gasteiger partial charge on any atom is -0.443 e. The molecule has 2 aromatic carbocycles. The van der Waals surface area contributed by atoms with E-state index in [2.05, 4.69) is 0 Å². The second-order valence-electron chi connectivity index (χ2n) is 9.25. The molecule has 1 unspecified atom stereocenters. The van der Waals surface area contributed by atoms with Crippen LogP contribution in [-0.4, -0.2) is 58.0 Å². The first-order valence-corrected chi connectivity index (χ1v) is 10.9. The van der Waals surface area contributed by atoms with E-state index in [0.29, 0.717) is 5.69 Å². The molecule has 33 heavy (non-hydrogen) atoms. The van der Waals surface area contributed by atoms with E-state index in [4.69, 9.17) is 4.74 Å². The van der Waals surface area contributed by atoms with E-state index in [0.717, 1.165) is 15.4 Å². The molecule has 172 valence electrons. The number of para-hydroxylation sites is 1. The number of benzene rings is 2. The molecule has 2 saturated heterocycles. The van der Waals surface area contributed by atoms with Crippen LogP contribution in [0.15, 0.2) is 60.7 Å². The summed E-state index contributed by atoms with van der Waals surface area (Å²) >= 11 is 0. The highest BCUT2D eigenvalue weighted by molar-refractivity contribution is 6.17. The summed E-state index contributed by atoms with van der Waals surface area (Å²) in [4.78, 5) is 56.5. The maximum Gasteiger partial charge on any atom is 0.417 e. The van der Waals surface area contributed by atoms with Crippen LogP contribution in [0.25, 0.3) is 0 Å². The third kappa shape index (κ3) is 4.60. The van der Waals surface area contributed by atoms with Crippen LogP contribution in [-0.2, 0) is 20.7 Å². The zero-order chi connectivity index (χ0) is 23.8. The number of fused-ring (bicyclic) bond motifs is 1. The molecule has 2 atom stereocenters. The van der Waals surface area contributed by atoms with Gasteiger partial charge in [0, 0.05) is 12.8 Å². The number of hydrogen-bond donors (Lipinski definition) is 0. The summed E-state index contributed by atoms with van der Waals surface area (Å²) in [5.74, 6) is -0.885. The van der Waals surface area contributed by atoms with Gasteiger partial charge in [-0.1, -0.05) is 48.5 Å². The van der Waals surface area contributed by atoms with Gasteiger partial charge in [-0.25, -0.2) is 19.4 Å². The monoisotopic (exact) mass is 449 g/mol. The number of rotatable bonds is 3. The number of amides is 5. The molecular formula is C25H27N3O5. The molecule has 0 aliphatic carbocycles. The highest BCUT2D eigenvalue weighted by Crippen LogP contribution is 2.31. The van der Waals surface area contributed by atoms with Gasteiger partial charge in [0.15, 0.2) is 0 Å². The van der Waals surface area contributed by atoms with Gasteiger partial charge < -0.3 is 9.64 Å². The van der Waals surface area contributed by atoms with Crippen LogP contribution >= 0.6 is 0 Å². The maximum atomic E-state index is 13.6. The molecule has 5 amide bonds. The molecule has 2 heterocycles. The first-order chi connectivity index (χ1) is 15.7. The van der Waals surface area contributed by atoms with Gasteiger partial charge in [-0.3, -0.25) is 9.59 Å². The largest absolute Gasteiger partial charge is 0.443 e. The second-order valence-corrected chi connectivity index (χ2v) is 9.25. The van der Waals surface area contributed by atoms with Gasteiger partial charge in [0.25, 0.3) is 5.91 Å². The van der Waals surface area contributed by atoms with E-state index in [1.807, 2.05) is 30.3 Å². The number of ether oxygens (including phenoxy) is 1. The van der Waals surface area contributed by atoms with Crippen molar-refractivity contribution in [2.24, 2.45) is 0 Å². The van der Waals surface area contributed by atoms with Crippen molar-refractivity contribution in [2.75, 3.05) is 11.4 Å². The van der Waals surface area contributed by atoms with Crippen molar-refractivity contribution >= 4 is 29.6 Å². The van der Waals surface area contributed by atoms with Gasteiger partial charge in [-0.15, -0.1) is 0 Å². The van der Waals surface area contributed by atoms with E-state index >= 15 is 0 Å². The molecule has 0 spiro atoms. The Morgan fingerprint density at radius 1 is 0.970 bits per heavy atom. The Morgan fingerprint density at radius 2 is 1.58 bits per heavy atom. The van der Waals surface area contributed by atoms with Crippen LogP contribution in [0.3, 0.4) is 0 Å². The fourth-order valence-corrected chi connectivity index (χ4v) is 4.25. The summed E-state index contributed by atoms with van der Waals surface area (Å²) in [7, 11) is 0. The van der Waals surface area contributed by atoms with E-state index in [9.17, 15) is 19.2 Å². The number of carbonyl (C=O) groups is 4. The average molecular weight is 450 g/mol. The Kier molecular flexibility index (Phi) is 5.93.